The van der Waals surface area contributed by atoms with Crippen LogP contribution in [0.2, 0.25) is 6.04 Å². The maximum Gasteiger partial charge on any atom is 0.324 e. The molecule has 1 heterocycles. The van der Waals surface area contributed by atoms with Gasteiger partial charge in [-0.2, -0.15) is 0 Å². The monoisotopic (exact) mass is 158 g/mol. The Bertz CT molecular complexity index is 171. The van der Waals surface area contributed by atoms with Crippen LogP contribution in [0.5, 0.6) is 0 Å². The third-order valence-electron chi connectivity index (χ3n) is 1.36. The van der Waals surface area contributed by atoms with Crippen molar-refractivity contribution in [1.82, 2.24) is 10.2 Å². The summed E-state index contributed by atoms with van der Waals surface area (Å²) in [6, 6.07) is 0.793. The number of nitrogens with one attached hydrogen (secondary N) is 1. The molecular weight excluding hydrogens is 148 g/mol. The lowest BCUT2D eigenvalue weighted by Crippen LogP contribution is -2.28. The van der Waals surface area contributed by atoms with Crippen LogP contribution in [0.1, 0.15) is 0 Å². The molecule has 0 atom stereocenters. The number of imide groups is 1. The third-order valence-corrected chi connectivity index (χ3v) is 1.81. The van der Waals surface area contributed by atoms with Crippen molar-refractivity contribution >= 4 is 22.2 Å². The first-order valence-electron chi connectivity index (χ1n) is 3.32. The fourth-order valence-corrected chi connectivity index (χ4v) is 1.47. The van der Waals surface area contributed by atoms with Gasteiger partial charge in [-0.25, -0.2) is 4.79 Å². The quantitative estimate of drug-likeness (QED) is 0.385. The summed E-state index contributed by atoms with van der Waals surface area (Å²) in [5.74, 6) is -0.180. The first kappa shape index (κ1) is 7.27. The van der Waals surface area contributed by atoms with Crippen LogP contribution in [0.3, 0.4) is 0 Å². The van der Waals surface area contributed by atoms with Crippen LogP contribution < -0.4 is 5.32 Å². The van der Waals surface area contributed by atoms with Crippen molar-refractivity contribution in [2.75, 3.05) is 13.1 Å². The van der Waals surface area contributed by atoms with Crippen LogP contribution in [0.15, 0.2) is 0 Å². The van der Waals surface area contributed by atoms with Crippen LogP contribution in [-0.2, 0) is 4.79 Å². The minimum atomic E-state index is -0.235. The van der Waals surface area contributed by atoms with E-state index in [1.54, 1.807) is 0 Å². The number of nitrogens with zero attached hydrogens (tertiary/aromatic N) is 1. The molecule has 0 unspecified atom stereocenters. The van der Waals surface area contributed by atoms with Crippen LogP contribution in [-0.4, -0.2) is 40.2 Å². The van der Waals surface area contributed by atoms with E-state index < -0.39 is 0 Å². The third kappa shape index (κ3) is 1.35. The molecule has 3 amide bonds. The molecule has 1 N–H and O–H groups in total. The molecule has 0 saturated carbocycles. The molecule has 1 aliphatic rings. The summed E-state index contributed by atoms with van der Waals surface area (Å²) in [4.78, 5) is 22.9. The van der Waals surface area contributed by atoms with Gasteiger partial charge in [-0.15, -0.1) is 0 Å². The van der Waals surface area contributed by atoms with E-state index in [1.165, 1.54) is 4.90 Å². The average molecular weight is 158 g/mol. The number of carbonyl (C=O) groups excluding carboxylic acids is 2. The van der Waals surface area contributed by atoms with Gasteiger partial charge in [-0.1, -0.05) is 0 Å². The molecular formula is C5H10N2O2Si. The molecule has 0 aromatic rings. The molecule has 0 aliphatic carbocycles. The summed E-state index contributed by atoms with van der Waals surface area (Å²) < 4.78 is 0. The van der Waals surface area contributed by atoms with Crippen molar-refractivity contribution in [3.63, 3.8) is 0 Å². The number of hydrogen-bond donors (Lipinski definition) is 1. The summed E-state index contributed by atoms with van der Waals surface area (Å²) in [5.41, 5.74) is 0. The van der Waals surface area contributed by atoms with E-state index in [-0.39, 0.29) is 18.5 Å². The second-order valence-electron chi connectivity index (χ2n) is 2.27. The number of amides is 3. The Morgan fingerprint density at radius 3 is 2.70 bits per heavy atom. The lowest BCUT2D eigenvalue weighted by atomic mass is 10.5. The highest BCUT2D eigenvalue weighted by Crippen LogP contribution is 1.97. The smallest absolute Gasteiger partial charge is 0.315 e. The molecule has 1 rings (SSSR count). The van der Waals surface area contributed by atoms with E-state index in [4.69, 9.17) is 0 Å². The van der Waals surface area contributed by atoms with Gasteiger partial charge in [-0.3, -0.25) is 10.1 Å². The Kier molecular flexibility index (Phi) is 2.05. The van der Waals surface area contributed by atoms with Gasteiger partial charge in [0.05, 0.1) is 0 Å². The number of carbonyl (C=O) groups is 2. The maximum atomic E-state index is 10.8. The summed E-state index contributed by atoms with van der Waals surface area (Å²) in [6.45, 7) is 0.977. The van der Waals surface area contributed by atoms with Crippen molar-refractivity contribution in [3.8, 4) is 0 Å². The fourth-order valence-electron chi connectivity index (χ4n) is 0.934. The van der Waals surface area contributed by atoms with E-state index in [9.17, 15) is 9.59 Å². The van der Waals surface area contributed by atoms with Crippen LogP contribution in [0.4, 0.5) is 4.79 Å². The van der Waals surface area contributed by atoms with Gasteiger partial charge in [0.2, 0.25) is 5.91 Å². The van der Waals surface area contributed by atoms with Gasteiger partial charge in [0.25, 0.3) is 0 Å². The van der Waals surface area contributed by atoms with Gasteiger partial charge in [-0.05, 0) is 6.04 Å². The predicted molar refractivity (Wildman–Crippen MR) is 39.9 cm³/mol. The number of rotatable bonds is 2. The highest BCUT2D eigenvalue weighted by molar-refractivity contribution is 6.09. The molecule has 56 valence electrons. The van der Waals surface area contributed by atoms with Gasteiger partial charge in [0, 0.05) is 16.8 Å². The molecule has 0 bridgehead atoms. The normalized spacial score (nSPS) is 18.2. The molecule has 0 spiro atoms. The van der Waals surface area contributed by atoms with Crippen LogP contribution in [0.25, 0.3) is 0 Å². The summed E-state index contributed by atoms with van der Waals surface area (Å²) in [5, 5.41) is 2.22. The van der Waals surface area contributed by atoms with Crippen molar-refractivity contribution in [2.24, 2.45) is 0 Å². The molecule has 1 saturated heterocycles. The molecule has 1 aliphatic heterocycles. The molecule has 5 heteroatoms. The number of hydrogen-bond acceptors (Lipinski definition) is 2. The Balaban J connectivity index is 2.46. The highest BCUT2D eigenvalue weighted by Gasteiger charge is 2.24. The van der Waals surface area contributed by atoms with Crippen molar-refractivity contribution < 1.29 is 9.59 Å². The van der Waals surface area contributed by atoms with E-state index in [0.29, 0.717) is 0 Å². The van der Waals surface area contributed by atoms with E-state index >= 15 is 0 Å². The SMILES string of the molecule is O=C1CN(CC[SiH3])C(=O)N1. The van der Waals surface area contributed by atoms with Gasteiger partial charge in [0.1, 0.15) is 6.54 Å². The van der Waals surface area contributed by atoms with Gasteiger partial charge < -0.3 is 4.90 Å². The van der Waals surface area contributed by atoms with E-state index in [1.807, 2.05) is 0 Å². The van der Waals surface area contributed by atoms with Gasteiger partial charge >= 0.3 is 6.03 Å². The predicted octanol–water partition coefficient (Wildman–Crippen LogP) is -1.68. The van der Waals surface area contributed by atoms with Crippen LogP contribution in [0, 0.1) is 0 Å². The number of urea groups is 1. The lowest BCUT2D eigenvalue weighted by molar-refractivity contribution is -0.118. The van der Waals surface area contributed by atoms with Gasteiger partial charge in [0.15, 0.2) is 0 Å². The van der Waals surface area contributed by atoms with Crippen molar-refractivity contribution in [1.29, 1.82) is 0 Å². The molecule has 0 radical (unpaired) electrons. The topological polar surface area (TPSA) is 49.4 Å². The van der Waals surface area contributed by atoms with E-state index in [2.05, 4.69) is 5.32 Å². The molecule has 0 aromatic heterocycles. The zero-order chi connectivity index (χ0) is 7.56. The minimum Gasteiger partial charge on any atom is -0.315 e. The summed E-state index contributed by atoms with van der Waals surface area (Å²) >= 11 is 0. The minimum absolute atomic E-state index is 0.180. The summed E-state index contributed by atoms with van der Waals surface area (Å²) in [7, 11) is 1.08. The molecule has 1 fully saturated rings. The van der Waals surface area contributed by atoms with Crippen molar-refractivity contribution in [2.45, 2.75) is 6.04 Å². The summed E-state index contributed by atoms with van der Waals surface area (Å²) in [6.07, 6.45) is 0. The zero-order valence-electron chi connectivity index (χ0n) is 5.89. The first-order chi connectivity index (χ1) is 4.74. The second-order valence-corrected chi connectivity index (χ2v) is 3.27. The highest BCUT2D eigenvalue weighted by atomic mass is 28.1. The maximum absolute atomic E-state index is 10.8. The second kappa shape index (κ2) is 2.83. The fraction of sp³-hybridized carbons (Fsp3) is 0.600. The Labute approximate surface area is 62.0 Å². The van der Waals surface area contributed by atoms with E-state index in [0.717, 1.165) is 22.8 Å². The Morgan fingerprint density at radius 1 is 1.60 bits per heavy atom. The molecule has 10 heavy (non-hydrogen) atoms. The zero-order valence-corrected chi connectivity index (χ0v) is 7.89. The standard InChI is InChI=1S/C5H10N2O2Si/c8-4-3-7(1-2-10)5(9)6-4/h1-3H2,10H3,(H,6,8,9). The largest absolute Gasteiger partial charge is 0.324 e. The Hall–Kier alpha value is -0.843. The molecule has 0 aromatic carbocycles. The Morgan fingerprint density at radius 2 is 2.30 bits per heavy atom. The lowest BCUT2D eigenvalue weighted by Gasteiger charge is -2.09. The average Bonchev–Trinajstić information content (AvgIpc) is 2.13. The van der Waals surface area contributed by atoms with Crippen LogP contribution >= 0.6 is 0 Å². The van der Waals surface area contributed by atoms with Crippen molar-refractivity contribution in [3.05, 3.63) is 0 Å². The molecule has 4 nitrogen and oxygen atoms in total. The first-order valence-corrected chi connectivity index (χ1v) is 4.74.